The molecule has 1 aromatic heterocycles. The minimum atomic E-state index is -3.60. The second-order valence-corrected chi connectivity index (χ2v) is 7.02. The number of sulfonamides is 1. The second-order valence-electron chi connectivity index (χ2n) is 3.93. The lowest BCUT2D eigenvalue weighted by Crippen LogP contribution is -2.30. The molecule has 7 heteroatoms. The molecule has 0 saturated carbocycles. The number of benzene rings is 1. The van der Waals surface area contributed by atoms with Gasteiger partial charge in [-0.15, -0.1) is 0 Å². The number of thiazole rings is 1. The maximum absolute atomic E-state index is 12.6. The molecule has 2 N–H and O–H groups in total. The van der Waals surface area contributed by atoms with E-state index >= 15 is 0 Å². The molecule has 0 saturated heterocycles. The Morgan fingerprint density at radius 2 is 1.95 bits per heavy atom. The van der Waals surface area contributed by atoms with Crippen LogP contribution in [0.4, 0.5) is 10.8 Å². The maximum atomic E-state index is 12.6. The Labute approximate surface area is 116 Å². The van der Waals surface area contributed by atoms with Gasteiger partial charge in [-0.3, -0.25) is 4.31 Å². The van der Waals surface area contributed by atoms with E-state index in [4.69, 9.17) is 5.73 Å². The van der Waals surface area contributed by atoms with E-state index in [2.05, 4.69) is 4.98 Å². The third-order valence-corrected chi connectivity index (χ3v) is 6.10. The van der Waals surface area contributed by atoms with Crippen molar-refractivity contribution >= 4 is 32.2 Å². The highest BCUT2D eigenvalue weighted by Crippen LogP contribution is 2.30. The summed E-state index contributed by atoms with van der Waals surface area (Å²) in [5.74, 6) is 0. The van der Waals surface area contributed by atoms with Gasteiger partial charge in [0.1, 0.15) is 0 Å². The molecule has 0 radical (unpaired) electrons. The van der Waals surface area contributed by atoms with Crippen LogP contribution in [0.2, 0.25) is 0 Å². The van der Waals surface area contributed by atoms with Crippen LogP contribution in [-0.2, 0) is 10.0 Å². The quantitative estimate of drug-likeness (QED) is 0.939. The molecule has 102 valence electrons. The van der Waals surface area contributed by atoms with Crippen molar-refractivity contribution in [3.05, 3.63) is 36.0 Å². The summed E-state index contributed by atoms with van der Waals surface area (Å²) in [5.41, 5.74) is 6.66. The zero-order valence-electron chi connectivity index (χ0n) is 10.7. The van der Waals surface area contributed by atoms with Crippen molar-refractivity contribution in [3.63, 3.8) is 0 Å². The highest BCUT2D eigenvalue weighted by atomic mass is 32.2. The summed E-state index contributed by atoms with van der Waals surface area (Å²) in [7, 11) is -3.60. The fourth-order valence-electron chi connectivity index (χ4n) is 1.83. The minimum Gasteiger partial charge on any atom is -0.375 e. The number of hydrogen-bond acceptors (Lipinski definition) is 5. The lowest BCUT2D eigenvalue weighted by molar-refractivity contribution is 0.593. The monoisotopic (exact) mass is 297 g/mol. The third kappa shape index (κ3) is 2.57. The first-order valence-corrected chi connectivity index (χ1v) is 8.03. The second kappa shape index (κ2) is 5.18. The number of hydrogen-bond donors (Lipinski definition) is 1. The van der Waals surface area contributed by atoms with E-state index in [9.17, 15) is 8.42 Å². The van der Waals surface area contributed by atoms with E-state index in [1.165, 1.54) is 4.31 Å². The first-order chi connectivity index (χ1) is 8.96. The van der Waals surface area contributed by atoms with Crippen LogP contribution in [0.3, 0.4) is 0 Å². The summed E-state index contributed by atoms with van der Waals surface area (Å²) in [5, 5.41) is 0.264. The Morgan fingerprint density at radius 3 is 2.42 bits per heavy atom. The number of para-hydroxylation sites is 1. The third-order valence-electron chi connectivity index (χ3n) is 2.63. The van der Waals surface area contributed by atoms with Crippen LogP contribution in [0.15, 0.2) is 34.5 Å². The molecule has 0 fully saturated rings. The lowest BCUT2D eigenvalue weighted by atomic mass is 10.3. The van der Waals surface area contributed by atoms with E-state index in [1.807, 2.05) is 6.07 Å². The molecule has 19 heavy (non-hydrogen) atoms. The molecule has 0 unspecified atom stereocenters. The molecule has 0 aliphatic carbocycles. The number of aryl methyl sites for hydroxylation is 1. The molecule has 2 rings (SSSR count). The van der Waals surface area contributed by atoms with Crippen molar-refractivity contribution in [2.75, 3.05) is 16.6 Å². The summed E-state index contributed by atoms with van der Waals surface area (Å²) in [6.45, 7) is 3.80. The predicted octanol–water partition coefficient (Wildman–Crippen LogP) is 2.25. The molecule has 0 bridgehead atoms. The summed E-state index contributed by atoms with van der Waals surface area (Å²) in [6.07, 6.45) is 0. The molecule has 0 aliphatic heterocycles. The van der Waals surface area contributed by atoms with Crippen LogP contribution in [0.25, 0.3) is 0 Å². The van der Waals surface area contributed by atoms with Crippen molar-refractivity contribution in [1.82, 2.24) is 4.98 Å². The summed E-state index contributed by atoms with van der Waals surface area (Å²) < 4.78 is 26.8. The van der Waals surface area contributed by atoms with Gasteiger partial charge in [0.15, 0.2) is 9.34 Å². The Balaban J connectivity index is 2.51. The minimum absolute atomic E-state index is 0.204. The molecule has 0 amide bonds. The van der Waals surface area contributed by atoms with Gasteiger partial charge in [-0.1, -0.05) is 29.5 Å². The largest absolute Gasteiger partial charge is 0.375 e. The summed E-state index contributed by atoms with van der Waals surface area (Å²) in [4.78, 5) is 3.98. The maximum Gasteiger partial charge on any atom is 0.275 e. The van der Waals surface area contributed by atoms with Crippen LogP contribution in [-0.4, -0.2) is 19.9 Å². The molecule has 0 aliphatic rings. The van der Waals surface area contributed by atoms with Crippen LogP contribution in [0, 0.1) is 6.92 Å². The molecule has 2 aromatic rings. The highest BCUT2D eigenvalue weighted by Gasteiger charge is 2.28. The normalized spacial score (nSPS) is 11.5. The van der Waals surface area contributed by atoms with E-state index in [1.54, 1.807) is 38.1 Å². The standard InChI is InChI=1S/C12H15N3O2S2/c1-3-15(10-7-5-4-6-8-10)19(16,17)11-9(2)14-12(13)18-11/h4-8H,3H2,1-2H3,(H2,13,14). The van der Waals surface area contributed by atoms with E-state index < -0.39 is 10.0 Å². The number of aromatic nitrogens is 1. The lowest BCUT2D eigenvalue weighted by Gasteiger charge is -2.22. The molecule has 0 atom stereocenters. The van der Waals surface area contributed by atoms with Crippen LogP contribution >= 0.6 is 11.3 Å². The van der Waals surface area contributed by atoms with Crippen LogP contribution in [0.5, 0.6) is 0 Å². The zero-order valence-corrected chi connectivity index (χ0v) is 12.3. The van der Waals surface area contributed by atoms with Crippen molar-refractivity contribution in [3.8, 4) is 0 Å². The van der Waals surface area contributed by atoms with Gasteiger partial charge in [0.25, 0.3) is 10.0 Å². The van der Waals surface area contributed by atoms with Crippen molar-refractivity contribution in [1.29, 1.82) is 0 Å². The predicted molar refractivity (Wildman–Crippen MR) is 77.9 cm³/mol. The Hall–Kier alpha value is -1.60. The summed E-state index contributed by atoms with van der Waals surface area (Å²) >= 11 is 0.997. The topological polar surface area (TPSA) is 76.3 Å². The average molecular weight is 297 g/mol. The van der Waals surface area contributed by atoms with Gasteiger partial charge >= 0.3 is 0 Å². The van der Waals surface area contributed by atoms with Gasteiger partial charge in [0.2, 0.25) is 0 Å². The van der Waals surface area contributed by atoms with E-state index in [-0.39, 0.29) is 9.34 Å². The Morgan fingerprint density at radius 1 is 1.32 bits per heavy atom. The van der Waals surface area contributed by atoms with Gasteiger partial charge in [-0.05, 0) is 26.0 Å². The number of anilines is 2. The Bertz CT molecular complexity index is 666. The van der Waals surface area contributed by atoms with Crippen molar-refractivity contribution in [2.24, 2.45) is 0 Å². The smallest absolute Gasteiger partial charge is 0.275 e. The first kappa shape index (κ1) is 13.8. The summed E-state index contributed by atoms with van der Waals surface area (Å²) in [6, 6.07) is 8.99. The molecule has 1 aromatic carbocycles. The first-order valence-electron chi connectivity index (χ1n) is 5.77. The molecule has 1 heterocycles. The SMILES string of the molecule is CCN(c1ccccc1)S(=O)(=O)c1sc(N)nc1C. The van der Waals surface area contributed by atoms with Crippen molar-refractivity contribution in [2.45, 2.75) is 18.1 Å². The van der Waals surface area contributed by atoms with Crippen LogP contribution < -0.4 is 10.0 Å². The van der Waals surface area contributed by atoms with Gasteiger partial charge in [0.05, 0.1) is 11.4 Å². The molecular weight excluding hydrogens is 282 g/mol. The van der Waals surface area contributed by atoms with E-state index in [0.717, 1.165) is 11.3 Å². The fourth-order valence-corrected chi connectivity index (χ4v) is 4.70. The number of nitrogen functional groups attached to an aromatic ring is 1. The molecule has 0 spiro atoms. The molecule has 5 nitrogen and oxygen atoms in total. The number of rotatable bonds is 4. The zero-order chi connectivity index (χ0) is 14.0. The van der Waals surface area contributed by atoms with Gasteiger partial charge < -0.3 is 5.73 Å². The highest BCUT2D eigenvalue weighted by molar-refractivity contribution is 7.94. The van der Waals surface area contributed by atoms with Crippen molar-refractivity contribution < 1.29 is 8.42 Å². The fraction of sp³-hybridized carbons (Fsp3) is 0.250. The van der Waals surface area contributed by atoms with Crippen LogP contribution in [0.1, 0.15) is 12.6 Å². The van der Waals surface area contributed by atoms with Gasteiger partial charge in [0, 0.05) is 6.54 Å². The molecular formula is C12H15N3O2S2. The number of nitrogens with zero attached hydrogens (tertiary/aromatic N) is 2. The average Bonchev–Trinajstić information content (AvgIpc) is 2.71. The number of nitrogens with two attached hydrogens (primary N) is 1. The van der Waals surface area contributed by atoms with E-state index in [0.29, 0.717) is 17.9 Å². The van der Waals surface area contributed by atoms with Gasteiger partial charge in [-0.2, -0.15) is 0 Å². The van der Waals surface area contributed by atoms with Gasteiger partial charge in [-0.25, -0.2) is 13.4 Å². The Kier molecular flexibility index (Phi) is 3.77.